The second-order valence-corrected chi connectivity index (χ2v) is 7.84. The van der Waals surface area contributed by atoms with Gasteiger partial charge in [-0.2, -0.15) is 18.2 Å². The van der Waals surface area contributed by atoms with Crippen LogP contribution in [0.5, 0.6) is 0 Å². The zero-order valence-electron chi connectivity index (χ0n) is 16.1. The summed E-state index contributed by atoms with van der Waals surface area (Å²) in [5, 5.41) is 7.15. The van der Waals surface area contributed by atoms with E-state index in [-0.39, 0.29) is 11.8 Å². The Morgan fingerprint density at radius 2 is 1.93 bits per heavy atom. The quantitative estimate of drug-likeness (QED) is 0.854. The second-order valence-electron chi connectivity index (χ2n) is 7.84. The number of halogens is 3. The van der Waals surface area contributed by atoms with Gasteiger partial charge in [-0.1, -0.05) is 19.0 Å². The number of fused-ring (bicyclic) bond motifs is 1. The molecule has 7 nitrogen and oxygen atoms in total. The Morgan fingerprint density at radius 3 is 2.57 bits per heavy atom. The lowest BCUT2D eigenvalue weighted by Crippen LogP contribution is -2.34. The van der Waals surface area contributed by atoms with Gasteiger partial charge in [-0.25, -0.2) is 4.98 Å². The number of piperidine rings is 1. The van der Waals surface area contributed by atoms with Crippen LogP contribution in [0.2, 0.25) is 0 Å². The van der Waals surface area contributed by atoms with Crippen molar-refractivity contribution < 1.29 is 17.7 Å². The minimum Gasteiger partial charge on any atom is -0.338 e. The molecule has 1 saturated heterocycles. The lowest BCUT2D eigenvalue weighted by Gasteiger charge is -2.31. The summed E-state index contributed by atoms with van der Waals surface area (Å²) in [5.74, 6) is 0.787. The number of aromatic nitrogens is 4. The van der Waals surface area contributed by atoms with Crippen LogP contribution in [0.3, 0.4) is 0 Å². The van der Waals surface area contributed by atoms with Crippen molar-refractivity contribution in [2.45, 2.75) is 64.3 Å². The summed E-state index contributed by atoms with van der Waals surface area (Å²) >= 11 is 0. The smallest absolute Gasteiger partial charge is 0.338 e. The van der Waals surface area contributed by atoms with Crippen molar-refractivity contribution >= 4 is 0 Å². The van der Waals surface area contributed by atoms with E-state index in [4.69, 9.17) is 4.52 Å². The van der Waals surface area contributed by atoms with E-state index in [1.807, 2.05) is 13.8 Å². The van der Waals surface area contributed by atoms with Gasteiger partial charge in [-0.3, -0.25) is 4.90 Å². The van der Waals surface area contributed by atoms with Gasteiger partial charge in [0.1, 0.15) is 0 Å². The first-order valence-electron chi connectivity index (χ1n) is 9.75. The van der Waals surface area contributed by atoms with E-state index in [0.29, 0.717) is 49.3 Å². The number of hydrogen-bond donors (Lipinski definition) is 1. The molecule has 0 unspecified atom stereocenters. The first-order chi connectivity index (χ1) is 13.3. The van der Waals surface area contributed by atoms with Gasteiger partial charge in [0, 0.05) is 31.5 Å². The number of likely N-dealkylation sites (tertiary alicyclic amines) is 1. The molecule has 0 radical (unpaired) electrons. The fraction of sp³-hybridized carbons (Fsp3) is 0.722. The minimum atomic E-state index is -4.42. The maximum absolute atomic E-state index is 13.4. The molecular formula is C18H25F3N6O. The number of rotatable bonds is 4. The van der Waals surface area contributed by atoms with E-state index in [2.05, 4.69) is 25.3 Å². The number of nitrogens with zero attached hydrogens (tertiary/aromatic N) is 5. The van der Waals surface area contributed by atoms with Crippen LogP contribution in [0.15, 0.2) is 4.52 Å². The summed E-state index contributed by atoms with van der Waals surface area (Å²) in [6.45, 7) is 7.42. The Balaban J connectivity index is 1.44. The second kappa shape index (κ2) is 7.47. The maximum Gasteiger partial charge on any atom is 0.449 e. The Labute approximate surface area is 161 Å². The average Bonchev–Trinajstić information content (AvgIpc) is 3.27. The number of imidazole rings is 1. The van der Waals surface area contributed by atoms with Crippen LogP contribution in [0.1, 0.15) is 67.5 Å². The van der Waals surface area contributed by atoms with Crippen molar-refractivity contribution in [1.82, 2.24) is 29.9 Å². The van der Waals surface area contributed by atoms with E-state index >= 15 is 0 Å². The number of alkyl halides is 3. The highest BCUT2D eigenvalue weighted by Gasteiger charge is 2.40. The summed E-state index contributed by atoms with van der Waals surface area (Å²) in [6.07, 6.45) is -2.88. The van der Waals surface area contributed by atoms with Gasteiger partial charge >= 0.3 is 6.18 Å². The van der Waals surface area contributed by atoms with Crippen LogP contribution < -0.4 is 5.32 Å². The van der Waals surface area contributed by atoms with E-state index in [1.54, 1.807) is 0 Å². The summed E-state index contributed by atoms with van der Waals surface area (Å²) < 4.78 is 46.8. The highest BCUT2D eigenvalue weighted by molar-refractivity contribution is 5.24. The molecular weight excluding hydrogens is 373 g/mol. The molecule has 28 heavy (non-hydrogen) atoms. The van der Waals surface area contributed by atoms with E-state index in [1.165, 1.54) is 4.57 Å². The fourth-order valence-electron chi connectivity index (χ4n) is 4.00. The highest BCUT2D eigenvalue weighted by Crippen LogP contribution is 2.36. The molecule has 0 atom stereocenters. The van der Waals surface area contributed by atoms with Gasteiger partial charge in [0.15, 0.2) is 5.82 Å². The van der Waals surface area contributed by atoms with Crippen molar-refractivity contribution in [1.29, 1.82) is 0 Å². The summed E-state index contributed by atoms with van der Waals surface area (Å²) in [4.78, 5) is 10.7. The van der Waals surface area contributed by atoms with Crippen LogP contribution in [0, 0.1) is 0 Å². The molecule has 0 aromatic carbocycles. The molecule has 1 N–H and O–H groups in total. The molecule has 4 heterocycles. The molecule has 0 aliphatic carbocycles. The Hall–Kier alpha value is -1.94. The molecule has 1 fully saturated rings. The molecule has 0 spiro atoms. The van der Waals surface area contributed by atoms with Crippen molar-refractivity contribution in [3.8, 4) is 0 Å². The van der Waals surface area contributed by atoms with Gasteiger partial charge in [0.25, 0.3) is 0 Å². The maximum atomic E-state index is 13.4. The fourth-order valence-corrected chi connectivity index (χ4v) is 4.00. The highest BCUT2D eigenvalue weighted by atomic mass is 19.4. The number of hydrogen-bond acceptors (Lipinski definition) is 6. The number of nitrogens with one attached hydrogen (secondary N) is 1. The Kier molecular flexibility index (Phi) is 5.17. The molecule has 2 aliphatic heterocycles. The van der Waals surface area contributed by atoms with E-state index in [0.717, 1.165) is 25.9 Å². The van der Waals surface area contributed by atoms with Crippen LogP contribution >= 0.6 is 0 Å². The van der Waals surface area contributed by atoms with Crippen molar-refractivity contribution in [3.05, 3.63) is 28.9 Å². The van der Waals surface area contributed by atoms with E-state index in [9.17, 15) is 13.2 Å². The third-order valence-electron chi connectivity index (χ3n) is 5.50. The van der Waals surface area contributed by atoms with Crippen LogP contribution in [0.4, 0.5) is 13.2 Å². The molecule has 0 saturated carbocycles. The van der Waals surface area contributed by atoms with Gasteiger partial charge < -0.3 is 14.4 Å². The topological polar surface area (TPSA) is 72.0 Å². The normalized spacial score (nSPS) is 19.4. The largest absolute Gasteiger partial charge is 0.449 e. The molecule has 2 aromatic heterocycles. The molecule has 2 aromatic rings. The summed E-state index contributed by atoms with van der Waals surface area (Å²) in [5.41, 5.74) is 1.30. The van der Waals surface area contributed by atoms with Crippen LogP contribution in [-0.4, -0.2) is 44.2 Å². The molecule has 0 amide bonds. The molecule has 10 heteroatoms. The van der Waals surface area contributed by atoms with E-state index < -0.39 is 12.0 Å². The third kappa shape index (κ3) is 3.80. The van der Waals surface area contributed by atoms with Gasteiger partial charge in [-0.15, -0.1) is 0 Å². The van der Waals surface area contributed by atoms with Gasteiger partial charge in [0.2, 0.25) is 11.7 Å². The standard InChI is InChI=1S/C18H25F3N6O/c1-11(2)16-23-14(28-25-16)10-26-6-3-12(4-7-26)15-13-9-22-5-8-27(13)17(24-15)18(19,20)21/h11-12,22H,3-10H2,1-2H3. The predicted molar refractivity (Wildman–Crippen MR) is 94.6 cm³/mol. The van der Waals surface area contributed by atoms with Crippen LogP contribution in [-0.2, 0) is 25.8 Å². The Bertz CT molecular complexity index is 820. The summed E-state index contributed by atoms with van der Waals surface area (Å²) in [7, 11) is 0. The average molecular weight is 398 g/mol. The SMILES string of the molecule is CC(C)c1noc(CN2CCC(c3nc(C(F)(F)F)n4c3CNCC4)CC2)n1. The molecule has 2 aliphatic rings. The monoisotopic (exact) mass is 398 g/mol. The molecule has 4 rings (SSSR count). The first kappa shape index (κ1) is 19.4. The zero-order chi connectivity index (χ0) is 19.9. The van der Waals surface area contributed by atoms with Gasteiger partial charge in [0.05, 0.1) is 17.9 Å². The third-order valence-corrected chi connectivity index (χ3v) is 5.50. The zero-order valence-corrected chi connectivity index (χ0v) is 16.1. The molecule has 0 bridgehead atoms. The minimum absolute atomic E-state index is 0.0439. The van der Waals surface area contributed by atoms with Crippen LogP contribution in [0.25, 0.3) is 0 Å². The molecule has 154 valence electrons. The Morgan fingerprint density at radius 1 is 1.18 bits per heavy atom. The lowest BCUT2D eigenvalue weighted by molar-refractivity contribution is -0.147. The summed E-state index contributed by atoms with van der Waals surface area (Å²) in [6, 6.07) is 0. The lowest BCUT2D eigenvalue weighted by atomic mass is 9.92. The van der Waals surface area contributed by atoms with Crippen molar-refractivity contribution in [3.63, 3.8) is 0 Å². The van der Waals surface area contributed by atoms with Gasteiger partial charge in [-0.05, 0) is 25.9 Å². The predicted octanol–water partition coefficient (Wildman–Crippen LogP) is 2.89. The van der Waals surface area contributed by atoms with Crippen molar-refractivity contribution in [2.24, 2.45) is 0 Å². The first-order valence-corrected chi connectivity index (χ1v) is 9.75. The van der Waals surface area contributed by atoms with Crippen molar-refractivity contribution in [2.75, 3.05) is 19.6 Å².